The lowest BCUT2D eigenvalue weighted by Gasteiger charge is -2.18. The summed E-state index contributed by atoms with van der Waals surface area (Å²) >= 11 is 0. The molecule has 0 unspecified atom stereocenters. The van der Waals surface area contributed by atoms with E-state index in [1.807, 2.05) is 6.92 Å². The van der Waals surface area contributed by atoms with Crippen molar-refractivity contribution < 1.29 is 18.0 Å². The number of unbranched alkanes of at least 4 members (excludes halogenated alkanes) is 1. The average Bonchev–Trinajstić information content (AvgIpc) is 2.61. The van der Waals surface area contributed by atoms with E-state index >= 15 is 0 Å². The molecular weight excluding hydrogens is 356 g/mol. The maximum Gasteiger partial charge on any atom is 0.321 e. The van der Waals surface area contributed by atoms with E-state index in [1.54, 1.807) is 26.0 Å². The van der Waals surface area contributed by atoms with E-state index in [4.69, 9.17) is 0 Å². The molecule has 8 nitrogen and oxygen atoms in total. The van der Waals surface area contributed by atoms with E-state index in [-0.39, 0.29) is 11.4 Å². The smallest absolute Gasteiger partial charge is 0.321 e. The van der Waals surface area contributed by atoms with Gasteiger partial charge in [0.05, 0.1) is 11.4 Å². The van der Waals surface area contributed by atoms with Crippen LogP contribution in [0.25, 0.3) is 0 Å². The SMILES string of the molecule is CCCCNC(=O)NC(=O)CNc1ccc(S(=O)(=O)N(CC)CC)cc1. The first-order valence-corrected chi connectivity index (χ1v) is 10.2. The number of benzene rings is 1. The Kier molecular flexibility index (Phi) is 9.08. The average molecular weight is 385 g/mol. The number of nitrogens with zero attached hydrogens (tertiary/aromatic N) is 1. The molecule has 0 radical (unpaired) electrons. The summed E-state index contributed by atoms with van der Waals surface area (Å²) in [6.07, 6.45) is 1.80. The van der Waals surface area contributed by atoms with Gasteiger partial charge < -0.3 is 10.6 Å². The minimum atomic E-state index is -3.50. The van der Waals surface area contributed by atoms with Crippen molar-refractivity contribution in [1.82, 2.24) is 14.9 Å². The quantitative estimate of drug-likeness (QED) is 0.533. The van der Waals surface area contributed by atoms with Crippen LogP contribution in [0.4, 0.5) is 10.5 Å². The summed E-state index contributed by atoms with van der Waals surface area (Å²) in [5, 5.41) is 7.66. The van der Waals surface area contributed by atoms with Gasteiger partial charge in [0, 0.05) is 25.3 Å². The summed E-state index contributed by atoms with van der Waals surface area (Å²) in [6, 6.07) is 5.64. The first-order valence-electron chi connectivity index (χ1n) is 8.76. The van der Waals surface area contributed by atoms with Gasteiger partial charge >= 0.3 is 6.03 Å². The number of hydrogen-bond acceptors (Lipinski definition) is 5. The lowest BCUT2D eigenvalue weighted by molar-refractivity contribution is -0.118. The largest absolute Gasteiger partial charge is 0.376 e. The monoisotopic (exact) mass is 384 g/mol. The van der Waals surface area contributed by atoms with Crippen molar-refractivity contribution >= 4 is 27.6 Å². The molecule has 3 N–H and O–H groups in total. The molecule has 0 aliphatic rings. The van der Waals surface area contributed by atoms with Gasteiger partial charge in [-0.2, -0.15) is 4.31 Å². The Hall–Kier alpha value is -2.13. The fourth-order valence-electron chi connectivity index (χ4n) is 2.23. The van der Waals surface area contributed by atoms with Gasteiger partial charge in [0.2, 0.25) is 15.9 Å². The molecule has 0 aromatic heterocycles. The third-order valence-corrected chi connectivity index (χ3v) is 5.78. The number of anilines is 1. The molecular formula is C17H28N4O4S. The van der Waals surface area contributed by atoms with Crippen molar-refractivity contribution in [3.63, 3.8) is 0 Å². The lowest BCUT2D eigenvalue weighted by Crippen LogP contribution is -2.42. The molecule has 0 spiro atoms. The summed E-state index contributed by atoms with van der Waals surface area (Å²) in [6.45, 7) is 6.81. The second-order valence-electron chi connectivity index (χ2n) is 5.62. The highest BCUT2D eigenvalue weighted by Crippen LogP contribution is 2.18. The molecule has 0 aliphatic heterocycles. The number of carbonyl (C=O) groups is 2. The normalized spacial score (nSPS) is 11.2. The highest BCUT2D eigenvalue weighted by Gasteiger charge is 2.21. The molecule has 1 rings (SSSR count). The van der Waals surface area contributed by atoms with E-state index in [0.29, 0.717) is 25.3 Å². The van der Waals surface area contributed by atoms with Gasteiger partial charge in [0.25, 0.3) is 0 Å². The summed E-state index contributed by atoms with van der Waals surface area (Å²) in [5.41, 5.74) is 0.588. The minimum Gasteiger partial charge on any atom is -0.376 e. The van der Waals surface area contributed by atoms with E-state index in [0.717, 1.165) is 12.8 Å². The van der Waals surface area contributed by atoms with Crippen molar-refractivity contribution in [2.75, 3.05) is 31.5 Å². The number of carbonyl (C=O) groups excluding carboxylic acids is 2. The topological polar surface area (TPSA) is 108 Å². The molecule has 1 aromatic carbocycles. The number of amides is 3. The number of urea groups is 1. The standard InChI is InChI=1S/C17H28N4O4S/c1-4-7-12-18-17(23)20-16(22)13-19-14-8-10-15(11-9-14)26(24,25)21(5-2)6-3/h8-11,19H,4-7,12-13H2,1-3H3,(H2,18,20,22,23). The zero-order valence-corrected chi connectivity index (χ0v) is 16.4. The fourth-order valence-corrected chi connectivity index (χ4v) is 3.69. The molecule has 146 valence electrons. The van der Waals surface area contributed by atoms with E-state index in [9.17, 15) is 18.0 Å². The Bertz CT molecular complexity index is 685. The van der Waals surface area contributed by atoms with Gasteiger partial charge in [-0.25, -0.2) is 13.2 Å². The van der Waals surface area contributed by atoms with Crippen molar-refractivity contribution in [1.29, 1.82) is 0 Å². The second kappa shape index (κ2) is 10.8. The number of rotatable bonds is 10. The Morgan fingerprint density at radius 3 is 2.19 bits per heavy atom. The van der Waals surface area contributed by atoms with Crippen LogP contribution < -0.4 is 16.0 Å². The maximum atomic E-state index is 12.4. The highest BCUT2D eigenvalue weighted by molar-refractivity contribution is 7.89. The second-order valence-corrected chi connectivity index (χ2v) is 7.56. The maximum absolute atomic E-state index is 12.4. The van der Waals surface area contributed by atoms with Crippen molar-refractivity contribution in [2.24, 2.45) is 0 Å². The molecule has 0 atom stereocenters. The van der Waals surface area contributed by atoms with E-state index < -0.39 is 22.0 Å². The van der Waals surface area contributed by atoms with Crippen molar-refractivity contribution in [2.45, 2.75) is 38.5 Å². The van der Waals surface area contributed by atoms with Gasteiger partial charge in [-0.1, -0.05) is 27.2 Å². The number of imide groups is 1. The molecule has 3 amide bonds. The van der Waals surface area contributed by atoms with Crippen LogP contribution in [0.5, 0.6) is 0 Å². The Labute approximate surface area is 155 Å². The molecule has 0 heterocycles. The highest BCUT2D eigenvalue weighted by atomic mass is 32.2. The molecule has 9 heteroatoms. The van der Waals surface area contributed by atoms with E-state index in [2.05, 4.69) is 16.0 Å². The fraction of sp³-hybridized carbons (Fsp3) is 0.529. The predicted molar refractivity (Wildman–Crippen MR) is 101 cm³/mol. The summed E-state index contributed by atoms with van der Waals surface area (Å²) in [4.78, 5) is 23.4. The van der Waals surface area contributed by atoms with Crippen molar-refractivity contribution in [3.05, 3.63) is 24.3 Å². The van der Waals surface area contributed by atoms with Crippen molar-refractivity contribution in [3.8, 4) is 0 Å². The molecule has 0 aliphatic carbocycles. The van der Waals surface area contributed by atoms with Crippen LogP contribution in [0.15, 0.2) is 29.2 Å². The number of nitrogens with one attached hydrogen (secondary N) is 3. The van der Waals surface area contributed by atoms with Crippen LogP contribution in [0.2, 0.25) is 0 Å². The third-order valence-electron chi connectivity index (χ3n) is 3.72. The van der Waals surface area contributed by atoms with Gasteiger partial charge in [-0.05, 0) is 30.7 Å². The minimum absolute atomic E-state index is 0.0939. The van der Waals surface area contributed by atoms with Crippen LogP contribution >= 0.6 is 0 Å². The molecule has 0 saturated carbocycles. The van der Waals surface area contributed by atoms with Crippen LogP contribution in [0.1, 0.15) is 33.6 Å². The summed E-state index contributed by atoms with van der Waals surface area (Å²) in [7, 11) is -3.50. The predicted octanol–water partition coefficient (Wildman–Crippen LogP) is 1.75. The molecule has 1 aromatic rings. The van der Waals surface area contributed by atoms with Crippen LogP contribution in [0, 0.1) is 0 Å². The van der Waals surface area contributed by atoms with Gasteiger partial charge in [-0.3, -0.25) is 10.1 Å². The summed E-state index contributed by atoms with van der Waals surface area (Å²) < 4.78 is 26.2. The zero-order valence-electron chi connectivity index (χ0n) is 15.5. The third kappa shape index (κ3) is 6.64. The van der Waals surface area contributed by atoms with E-state index in [1.165, 1.54) is 16.4 Å². The van der Waals surface area contributed by atoms with Crippen LogP contribution in [-0.4, -0.2) is 50.8 Å². The van der Waals surface area contributed by atoms with Crippen LogP contribution in [-0.2, 0) is 14.8 Å². The molecule has 0 fully saturated rings. The number of hydrogen-bond donors (Lipinski definition) is 3. The Balaban J connectivity index is 2.55. The van der Waals surface area contributed by atoms with Crippen LogP contribution in [0.3, 0.4) is 0 Å². The summed E-state index contributed by atoms with van der Waals surface area (Å²) in [5.74, 6) is -0.473. The zero-order chi connectivity index (χ0) is 19.6. The Morgan fingerprint density at radius 1 is 1.04 bits per heavy atom. The molecule has 0 saturated heterocycles. The Morgan fingerprint density at radius 2 is 1.65 bits per heavy atom. The first kappa shape index (κ1) is 21.9. The van der Waals surface area contributed by atoms with Gasteiger partial charge in [0.15, 0.2) is 0 Å². The molecule has 0 bridgehead atoms. The lowest BCUT2D eigenvalue weighted by atomic mass is 10.3. The van der Waals surface area contributed by atoms with Gasteiger partial charge in [-0.15, -0.1) is 0 Å². The first-order chi connectivity index (χ1) is 12.3. The van der Waals surface area contributed by atoms with Gasteiger partial charge in [0.1, 0.15) is 0 Å². The molecule has 26 heavy (non-hydrogen) atoms. The number of sulfonamides is 1.